The van der Waals surface area contributed by atoms with Gasteiger partial charge >= 0.3 is 0 Å². The summed E-state index contributed by atoms with van der Waals surface area (Å²) in [6, 6.07) is 20.8. The molecule has 98 valence electrons. The van der Waals surface area contributed by atoms with Gasteiger partial charge in [-0.25, -0.2) is 0 Å². The van der Waals surface area contributed by atoms with Gasteiger partial charge in [-0.3, -0.25) is 0 Å². The van der Waals surface area contributed by atoms with Crippen LogP contribution in [0.3, 0.4) is 0 Å². The van der Waals surface area contributed by atoms with Gasteiger partial charge in [-0.1, -0.05) is 72.3 Å². The third-order valence-electron chi connectivity index (χ3n) is 3.10. The average Bonchev–Trinajstić information content (AvgIpc) is 2.46. The van der Waals surface area contributed by atoms with Gasteiger partial charge < -0.3 is 0 Å². The smallest absolute Gasteiger partial charge is 0.0186 e. The van der Waals surface area contributed by atoms with Crippen LogP contribution in [0.5, 0.6) is 0 Å². The molecule has 0 spiro atoms. The van der Waals surface area contributed by atoms with Crippen LogP contribution in [-0.4, -0.2) is 0 Å². The Morgan fingerprint density at radius 2 is 1.47 bits per heavy atom. The topological polar surface area (TPSA) is 0 Å². The maximum atomic E-state index is 6.26. The summed E-state index contributed by atoms with van der Waals surface area (Å²) < 4.78 is 0. The van der Waals surface area contributed by atoms with E-state index >= 15 is 0 Å². The molecule has 0 bridgehead atoms. The first kappa shape index (κ1) is 13.9. The van der Waals surface area contributed by atoms with Crippen molar-refractivity contribution < 1.29 is 0 Å². The maximum Gasteiger partial charge on any atom is 0.0186 e. The molecule has 0 N–H and O–H groups in total. The van der Waals surface area contributed by atoms with E-state index in [9.17, 15) is 0 Å². The summed E-state index contributed by atoms with van der Waals surface area (Å²) >= 11 is 6.26. The zero-order valence-corrected chi connectivity index (χ0v) is 11.8. The lowest BCUT2D eigenvalue weighted by molar-refractivity contribution is 0.744. The molecular weight excluding hydrogens is 252 g/mol. The first-order valence-corrected chi connectivity index (χ1v) is 7.17. The van der Waals surface area contributed by atoms with Gasteiger partial charge in [0.15, 0.2) is 0 Å². The highest BCUT2D eigenvalue weighted by Gasteiger charge is 1.96. The summed E-state index contributed by atoms with van der Waals surface area (Å²) in [6.07, 6.45) is 6.48. The number of unbranched alkanes of at least 4 members (excludes halogenated alkanes) is 1. The number of benzene rings is 2. The summed E-state index contributed by atoms with van der Waals surface area (Å²) in [5.41, 5.74) is 2.58. The lowest BCUT2D eigenvalue weighted by Crippen LogP contribution is -1.85. The van der Waals surface area contributed by atoms with E-state index in [-0.39, 0.29) is 0 Å². The van der Waals surface area contributed by atoms with Crippen LogP contribution >= 0.6 is 11.6 Å². The molecule has 1 heteroatoms. The second-order valence-electron chi connectivity index (χ2n) is 4.69. The molecule has 0 aromatic heterocycles. The van der Waals surface area contributed by atoms with E-state index in [0.29, 0.717) is 0 Å². The van der Waals surface area contributed by atoms with Crippen molar-refractivity contribution in [2.45, 2.75) is 25.7 Å². The molecule has 0 heterocycles. The Morgan fingerprint density at radius 1 is 0.842 bits per heavy atom. The molecule has 0 aliphatic carbocycles. The van der Waals surface area contributed by atoms with E-state index in [1.54, 1.807) is 0 Å². The van der Waals surface area contributed by atoms with Crippen molar-refractivity contribution in [2.75, 3.05) is 0 Å². The molecule has 0 aliphatic heterocycles. The van der Waals surface area contributed by atoms with E-state index in [1.165, 1.54) is 17.5 Å². The number of halogens is 1. The van der Waals surface area contributed by atoms with Crippen LogP contribution in [-0.2, 0) is 6.42 Å². The SMILES string of the molecule is ClC(=Cc1ccccc1)CCCCc1ccccc1. The van der Waals surface area contributed by atoms with Gasteiger partial charge in [0.1, 0.15) is 0 Å². The summed E-state index contributed by atoms with van der Waals surface area (Å²) in [5.74, 6) is 0. The standard InChI is InChI=1S/C18H19Cl/c19-18(15-17-12-5-2-6-13-17)14-8-7-11-16-9-3-1-4-10-16/h1-6,9-10,12-13,15H,7-8,11,14H2. The summed E-state index contributed by atoms with van der Waals surface area (Å²) in [6.45, 7) is 0. The van der Waals surface area contributed by atoms with Crippen molar-refractivity contribution >= 4 is 17.7 Å². The van der Waals surface area contributed by atoms with Crippen LogP contribution in [0.15, 0.2) is 65.7 Å². The number of rotatable bonds is 6. The lowest BCUT2D eigenvalue weighted by Gasteiger charge is -2.02. The van der Waals surface area contributed by atoms with Crippen molar-refractivity contribution in [3.8, 4) is 0 Å². The minimum absolute atomic E-state index is 0.944. The minimum atomic E-state index is 0.944. The highest BCUT2D eigenvalue weighted by atomic mass is 35.5. The van der Waals surface area contributed by atoms with Crippen LogP contribution in [0.1, 0.15) is 30.4 Å². The Bertz CT molecular complexity index is 500. The minimum Gasteiger partial charge on any atom is -0.0891 e. The first-order chi connectivity index (χ1) is 9.34. The van der Waals surface area contributed by atoms with E-state index in [0.717, 1.165) is 24.3 Å². The highest BCUT2D eigenvalue weighted by Crippen LogP contribution is 2.17. The van der Waals surface area contributed by atoms with Gasteiger partial charge in [0, 0.05) is 5.03 Å². The summed E-state index contributed by atoms with van der Waals surface area (Å²) in [4.78, 5) is 0. The number of aryl methyl sites for hydroxylation is 1. The Morgan fingerprint density at radius 3 is 2.16 bits per heavy atom. The number of hydrogen-bond acceptors (Lipinski definition) is 0. The molecule has 0 radical (unpaired) electrons. The van der Waals surface area contributed by atoms with Crippen molar-refractivity contribution in [3.63, 3.8) is 0 Å². The zero-order chi connectivity index (χ0) is 13.3. The van der Waals surface area contributed by atoms with Crippen LogP contribution in [0.4, 0.5) is 0 Å². The van der Waals surface area contributed by atoms with Crippen LogP contribution in [0.2, 0.25) is 0 Å². The second-order valence-corrected chi connectivity index (χ2v) is 5.18. The Balaban J connectivity index is 1.72. The van der Waals surface area contributed by atoms with Gasteiger partial charge in [-0.15, -0.1) is 0 Å². The van der Waals surface area contributed by atoms with E-state index in [2.05, 4.69) is 48.5 Å². The zero-order valence-electron chi connectivity index (χ0n) is 11.1. The van der Waals surface area contributed by atoms with E-state index in [1.807, 2.05) is 18.2 Å². The fourth-order valence-electron chi connectivity index (χ4n) is 2.07. The molecule has 2 aromatic carbocycles. The molecule has 19 heavy (non-hydrogen) atoms. The quantitative estimate of drug-likeness (QED) is 0.593. The van der Waals surface area contributed by atoms with E-state index in [4.69, 9.17) is 11.6 Å². The monoisotopic (exact) mass is 270 g/mol. The van der Waals surface area contributed by atoms with Crippen LogP contribution in [0, 0.1) is 0 Å². The number of hydrogen-bond donors (Lipinski definition) is 0. The van der Waals surface area contributed by atoms with Crippen molar-refractivity contribution in [1.29, 1.82) is 0 Å². The van der Waals surface area contributed by atoms with Crippen LogP contribution in [0.25, 0.3) is 6.08 Å². The Kier molecular flexibility index (Phi) is 5.71. The molecule has 0 amide bonds. The third-order valence-corrected chi connectivity index (χ3v) is 3.39. The van der Waals surface area contributed by atoms with Crippen molar-refractivity contribution in [3.05, 3.63) is 76.8 Å². The molecule has 0 fully saturated rings. The fraction of sp³-hybridized carbons (Fsp3) is 0.222. The summed E-state index contributed by atoms with van der Waals surface area (Å²) in [5, 5.41) is 0.944. The molecule has 0 unspecified atom stereocenters. The van der Waals surface area contributed by atoms with Gasteiger partial charge in [0.05, 0.1) is 0 Å². The van der Waals surface area contributed by atoms with Gasteiger partial charge in [-0.2, -0.15) is 0 Å². The third kappa shape index (κ3) is 5.32. The Hall–Kier alpha value is -1.53. The van der Waals surface area contributed by atoms with Crippen LogP contribution < -0.4 is 0 Å². The largest absolute Gasteiger partial charge is 0.0891 e. The van der Waals surface area contributed by atoms with Gasteiger partial charge in [-0.05, 0) is 42.9 Å². The maximum absolute atomic E-state index is 6.26. The van der Waals surface area contributed by atoms with E-state index < -0.39 is 0 Å². The second kappa shape index (κ2) is 7.81. The molecule has 0 saturated heterocycles. The molecule has 0 nitrogen and oxygen atoms in total. The van der Waals surface area contributed by atoms with Crippen molar-refractivity contribution in [1.82, 2.24) is 0 Å². The molecule has 0 saturated carbocycles. The predicted molar refractivity (Wildman–Crippen MR) is 84.3 cm³/mol. The highest BCUT2D eigenvalue weighted by molar-refractivity contribution is 6.31. The molecule has 0 atom stereocenters. The average molecular weight is 271 g/mol. The first-order valence-electron chi connectivity index (χ1n) is 6.79. The van der Waals surface area contributed by atoms with Crippen molar-refractivity contribution in [2.24, 2.45) is 0 Å². The predicted octanol–water partition coefficient (Wildman–Crippen LogP) is 5.68. The molecule has 2 aromatic rings. The summed E-state index contributed by atoms with van der Waals surface area (Å²) in [7, 11) is 0. The number of allylic oxidation sites excluding steroid dienone is 1. The molecule has 2 rings (SSSR count). The van der Waals surface area contributed by atoms with Gasteiger partial charge in [0.2, 0.25) is 0 Å². The Labute approximate surface area is 120 Å². The lowest BCUT2D eigenvalue weighted by atomic mass is 10.1. The normalized spacial score (nSPS) is 11.5. The van der Waals surface area contributed by atoms with Gasteiger partial charge in [0.25, 0.3) is 0 Å². The molecular formula is C18H19Cl. The molecule has 0 aliphatic rings. The fourth-order valence-corrected chi connectivity index (χ4v) is 2.33.